The fourth-order valence-corrected chi connectivity index (χ4v) is 2.23. The lowest BCUT2D eigenvalue weighted by atomic mass is 10.0. The number of hydrogen-bond donors (Lipinski definition) is 0. The van der Waals surface area contributed by atoms with Gasteiger partial charge in [-0.25, -0.2) is 0 Å². The van der Waals surface area contributed by atoms with Crippen molar-refractivity contribution in [3.8, 4) is 0 Å². The van der Waals surface area contributed by atoms with Crippen molar-refractivity contribution in [1.29, 1.82) is 0 Å². The second kappa shape index (κ2) is 6.16. The van der Waals surface area contributed by atoms with Gasteiger partial charge in [-0.2, -0.15) is 0 Å². The average Bonchev–Trinajstić information content (AvgIpc) is 2.28. The van der Waals surface area contributed by atoms with E-state index in [1.165, 1.54) is 0 Å². The molecule has 0 bridgehead atoms. The summed E-state index contributed by atoms with van der Waals surface area (Å²) in [7, 11) is 0. The molecule has 1 aromatic carbocycles. The molecule has 0 N–H and O–H groups in total. The molecule has 0 aliphatic rings. The molecular formula is C12H15ClO2S. The minimum absolute atomic E-state index is 0.213. The molecule has 0 spiro atoms. The largest absolute Gasteiger partial charge is 0.466 e. The van der Waals surface area contributed by atoms with E-state index in [4.69, 9.17) is 16.3 Å². The molecule has 0 amide bonds. The summed E-state index contributed by atoms with van der Waals surface area (Å²) in [6.45, 7) is 4.02. The van der Waals surface area contributed by atoms with Crippen LogP contribution in [0.1, 0.15) is 25.3 Å². The highest BCUT2D eigenvalue weighted by Gasteiger charge is 2.17. The first-order valence-electron chi connectivity index (χ1n) is 5.10. The third-order valence-electron chi connectivity index (χ3n) is 2.32. The number of esters is 1. The topological polar surface area (TPSA) is 26.3 Å². The van der Waals surface area contributed by atoms with Crippen LogP contribution in [0, 0.1) is 0 Å². The number of carbonyl (C=O) groups is 1. The van der Waals surface area contributed by atoms with E-state index >= 15 is 0 Å². The van der Waals surface area contributed by atoms with Crippen LogP contribution in [0.5, 0.6) is 0 Å². The van der Waals surface area contributed by atoms with Crippen LogP contribution in [0.3, 0.4) is 0 Å². The zero-order valence-electron chi connectivity index (χ0n) is 9.62. The maximum absolute atomic E-state index is 11.5. The SMILES string of the molecule is CCOC(=O)C(C)c1ccc(SC)c(Cl)c1. The van der Waals surface area contributed by atoms with Crippen LogP contribution in [0.4, 0.5) is 0 Å². The lowest BCUT2D eigenvalue weighted by molar-refractivity contribution is -0.144. The van der Waals surface area contributed by atoms with Gasteiger partial charge >= 0.3 is 5.97 Å². The van der Waals surface area contributed by atoms with Crippen LogP contribution in [-0.4, -0.2) is 18.8 Å². The van der Waals surface area contributed by atoms with Gasteiger partial charge in [0.15, 0.2) is 0 Å². The lowest BCUT2D eigenvalue weighted by Crippen LogP contribution is -2.12. The molecule has 0 saturated heterocycles. The summed E-state index contributed by atoms with van der Waals surface area (Å²) in [6.07, 6.45) is 1.97. The highest BCUT2D eigenvalue weighted by Crippen LogP contribution is 2.29. The third kappa shape index (κ3) is 3.16. The van der Waals surface area contributed by atoms with Crippen LogP contribution in [0.25, 0.3) is 0 Å². The molecule has 2 nitrogen and oxygen atoms in total. The van der Waals surface area contributed by atoms with Gasteiger partial charge in [-0.1, -0.05) is 17.7 Å². The maximum Gasteiger partial charge on any atom is 0.313 e. The molecule has 0 heterocycles. The van der Waals surface area contributed by atoms with Crippen molar-refractivity contribution in [2.75, 3.05) is 12.9 Å². The van der Waals surface area contributed by atoms with Crippen LogP contribution in [0.15, 0.2) is 23.1 Å². The summed E-state index contributed by atoms with van der Waals surface area (Å²) in [5, 5.41) is 0.682. The van der Waals surface area contributed by atoms with Gasteiger partial charge in [0.1, 0.15) is 0 Å². The highest BCUT2D eigenvalue weighted by atomic mass is 35.5. The van der Waals surface area contributed by atoms with E-state index in [1.54, 1.807) is 18.7 Å². The van der Waals surface area contributed by atoms with Crippen molar-refractivity contribution in [3.05, 3.63) is 28.8 Å². The molecule has 1 unspecified atom stereocenters. The number of benzene rings is 1. The fourth-order valence-electron chi connectivity index (χ4n) is 1.36. The second-order valence-electron chi connectivity index (χ2n) is 3.37. The Labute approximate surface area is 105 Å². The smallest absolute Gasteiger partial charge is 0.313 e. The molecule has 0 aliphatic carbocycles. The standard InChI is InChI=1S/C12H15ClO2S/c1-4-15-12(14)8(2)9-5-6-11(16-3)10(13)7-9/h5-8H,4H2,1-3H3. The van der Waals surface area contributed by atoms with E-state index in [-0.39, 0.29) is 11.9 Å². The van der Waals surface area contributed by atoms with Crippen molar-refractivity contribution in [3.63, 3.8) is 0 Å². The molecule has 0 radical (unpaired) electrons. The molecular weight excluding hydrogens is 244 g/mol. The number of rotatable bonds is 4. The van der Waals surface area contributed by atoms with Gasteiger partial charge in [0.2, 0.25) is 0 Å². The van der Waals surface area contributed by atoms with Crippen molar-refractivity contribution < 1.29 is 9.53 Å². The number of halogens is 1. The number of hydrogen-bond acceptors (Lipinski definition) is 3. The zero-order valence-corrected chi connectivity index (χ0v) is 11.2. The quantitative estimate of drug-likeness (QED) is 0.608. The predicted molar refractivity (Wildman–Crippen MR) is 68.3 cm³/mol. The minimum atomic E-state index is -0.270. The van der Waals surface area contributed by atoms with E-state index in [0.29, 0.717) is 11.6 Å². The number of ether oxygens (including phenoxy) is 1. The van der Waals surface area contributed by atoms with E-state index in [9.17, 15) is 4.79 Å². The normalized spacial score (nSPS) is 12.2. The monoisotopic (exact) mass is 258 g/mol. The van der Waals surface area contributed by atoms with Gasteiger partial charge in [-0.3, -0.25) is 4.79 Å². The van der Waals surface area contributed by atoms with Gasteiger partial charge < -0.3 is 4.74 Å². The van der Waals surface area contributed by atoms with Crippen molar-refractivity contribution in [2.24, 2.45) is 0 Å². The Morgan fingerprint density at radius 3 is 2.75 bits per heavy atom. The molecule has 4 heteroatoms. The molecule has 0 aliphatic heterocycles. The Hall–Kier alpha value is -0.670. The van der Waals surface area contributed by atoms with E-state index < -0.39 is 0 Å². The highest BCUT2D eigenvalue weighted by molar-refractivity contribution is 7.98. The molecule has 0 aromatic heterocycles. The van der Waals surface area contributed by atoms with Crippen molar-refractivity contribution in [2.45, 2.75) is 24.7 Å². The summed E-state index contributed by atoms with van der Waals surface area (Å²) < 4.78 is 4.97. The first-order chi connectivity index (χ1) is 7.60. The summed E-state index contributed by atoms with van der Waals surface area (Å²) in [6, 6.07) is 5.67. The van der Waals surface area contributed by atoms with Crippen molar-refractivity contribution >= 4 is 29.3 Å². The summed E-state index contributed by atoms with van der Waals surface area (Å²) >= 11 is 7.67. The maximum atomic E-state index is 11.5. The van der Waals surface area contributed by atoms with E-state index in [2.05, 4.69) is 0 Å². The number of carbonyl (C=O) groups excluding carboxylic acids is 1. The van der Waals surface area contributed by atoms with Gasteiger partial charge in [-0.15, -0.1) is 11.8 Å². The average molecular weight is 259 g/mol. The minimum Gasteiger partial charge on any atom is -0.466 e. The van der Waals surface area contributed by atoms with Crippen LogP contribution >= 0.6 is 23.4 Å². The van der Waals surface area contributed by atoms with Crippen LogP contribution in [0.2, 0.25) is 5.02 Å². The van der Waals surface area contributed by atoms with Gasteiger partial charge in [-0.05, 0) is 37.8 Å². The zero-order chi connectivity index (χ0) is 12.1. The van der Waals surface area contributed by atoms with E-state index in [0.717, 1.165) is 10.5 Å². The first kappa shape index (κ1) is 13.4. The third-order valence-corrected chi connectivity index (χ3v) is 3.54. The van der Waals surface area contributed by atoms with Gasteiger partial charge in [0.05, 0.1) is 17.5 Å². The molecule has 1 rings (SSSR count). The van der Waals surface area contributed by atoms with Crippen LogP contribution < -0.4 is 0 Å². The molecule has 16 heavy (non-hydrogen) atoms. The Balaban J connectivity index is 2.88. The molecule has 1 aromatic rings. The van der Waals surface area contributed by atoms with Crippen molar-refractivity contribution in [1.82, 2.24) is 0 Å². The molecule has 1 atom stereocenters. The van der Waals surface area contributed by atoms with Gasteiger partial charge in [0, 0.05) is 4.90 Å². The van der Waals surface area contributed by atoms with E-state index in [1.807, 2.05) is 31.4 Å². The Morgan fingerprint density at radius 1 is 1.56 bits per heavy atom. The molecule has 0 saturated carbocycles. The Bertz CT molecular complexity index is 379. The number of thioether (sulfide) groups is 1. The second-order valence-corrected chi connectivity index (χ2v) is 4.62. The summed E-state index contributed by atoms with van der Waals surface area (Å²) in [5.74, 6) is -0.483. The fraction of sp³-hybridized carbons (Fsp3) is 0.417. The predicted octanol–water partition coefficient (Wildman–Crippen LogP) is 3.73. The van der Waals surface area contributed by atoms with Gasteiger partial charge in [0.25, 0.3) is 0 Å². The summed E-state index contributed by atoms with van der Waals surface area (Å²) in [5.41, 5.74) is 0.890. The summed E-state index contributed by atoms with van der Waals surface area (Å²) in [4.78, 5) is 12.6. The Kier molecular flexibility index (Phi) is 5.16. The Morgan fingerprint density at radius 2 is 2.25 bits per heavy atom. The molecule has 88 valence electrons. The molecule has 0 fully saturated rings. The first-order valence-corrected chi connectivity index (χ1v) is 6.70. The lowest BCUT2D eigenvalue weighted by Gasteiger charge is -2.12. The van der Waals surface area contributed by atoms with Crippen LogP contribution in [-0.2, 0) is 9.53 Å².